The van der Waals surface area contributed by atoms with Gasteiger partial charge in [-0.05, 0) is 14.0 Å². The van der Waals surface area contributed by atoms with E-state index in [0.29, 0.717) is 52.9 Å². The van der Waals surface area contributed by atoms with Gasteiger partial charge in [-0.25, -0.2) is 4.39 Å². The second kappa shape index (κ2) is 24.4. The van der Waals surface area contributed by atoms with Crippen molar-refractivity contribution in [3.8, 4) is 0 Å². The van der Waals surface area contributed by atoms with Gasteiger partial charge < -0.3 is 34.3 Å². The number of rotatable bonds is 20. The predicted molar refractivity (Wildman–Crippen MR) is 117 cm³/mol. The summed E-state index contributed by atoms with van der Waals surface area (Å²) in [5, 5.41) is 5.55. The van der Waals surface area contributed by atoms with Gasteiger partial charge >= 0.3 is 0 Å². The lowest BCUT2D eigenvalue weighted by atomic mass is 10.2. The van der Waals surface area contributed by atoms with E-state index < -0.39 is 12.3 Å². The number of alkyl halides is 1. The molecule has 9 heteroatoms. The van der Waals surface area contributed by atoms with Crippen LogP contribution in [0.2, 0.25) is 0 Å². The van der Waals surface area contributed by atoms with Crippen LogP contribution in [0.15, 0.2) is 0 Å². The van der Waals surface area contributed by atoms with Crippen LogP contribution in [0, 0.1) is 5.92 Å². The molecule has 2 N–H and O–H groups in total. The first kappa shape index (κ1) is 31.3. The molecule has 0 aliphatic carbocycles. The van der Waals surface area contributed by atoms with E-state index in [1.165, 1.54) is 0 Å². The topological polar surface area (TPSA) is 87.3 Å². The van der Waals surface area contributed by atoms with Gasteiger partial charge in [0.1, 0.15) is 6.17 Å². The van der Waals surface area contributed by atoms with Gasteiger partial charge in [0.15, 0.2) is 0 Å². The molecule has 0 aromatic heterocycles. The molecule has 0 saturated heterocycles. The summed E-state index contributed by atoms with van der Waals surface area (Å²) in [6.45, 7) is 14.3. The number of carbonyl (C=O) groups excluding carboxylic acids is 1. The fourth-order valence-electron chi connectivity index (χ4n) is 1.90. The van der Waals surface area contributed by atoms with Crippen molar-refractivity contribution in [3.63, 3.8) is 0 Å². The summed E-state index contributed by atoms with van der Waals surface area (Å²) >= 11 is 0. The van der Waals surface area contributed by atoms with Crippen molar-refractivity contribution >= 4 is 5.91 Å². The zero-order chi connectivity index (χ0) is 23.0. The minimum absolute atomic E-state index is 0.0446. The van der Waals surface area contributed by atoms with Crippen molar-refractivity contribution in [2.24, 2.45) is 5.92 Å². The summed E-state index contributed by atoms with van der Waals surface area (Å²) in [4.78, 5) is 11.4. The predicted octanol–water partition coefficient (Wildman–Crippen LogP) is 1.81. The quantitative estimate of drug-likeness (QED) is 0.279. The van der Waals surface area contributed by atoms with Crippen molar-refractivity contribution in [1.82, 2.24) is 10.6 Å². The number of hydrogen-bond acceptors (Lipinski definition) is 7. The Morgan fingerprint density at radius 1 is 0.800 bits per heavy atom. The van der Waals surface area contributed by atoms with Crippen LogP contribution in [0.4, 0.5) is 4.39 Å². The molecule has 0 saturated carbocycles. The molecule has 0 aromatic rings. The maximum atomic E-state index is 13.9. The average Bonchev–Trinajstić information content (AvgIpc) is 2.75. The van der Waals surface area contributed by atoms with Crippen LogP contribution in [0.5, 0.6) is 0 Å². The number of likely N-dealkylation sites (N-methyl/N-ethyl adjacent to an activating group) is 1. The third kappa shape index (κ3) is 21.9. The van der Waals surface area contributed by atoms with E-state index in [9.17, 15) is 9.18 Å². The Labute approximate surface area is 182 Å². The fraction of sp³-hybridized carbons (Fsp3) is 0.952. The lowest BCUT2D eigenvalue weighted by molar-refractivity contribution is -0.124. The first-order chi connectivity index (χ1) is 14.5. The summed E-state index contributed by atoms with van der Waals surface area (Å²) in [7, 11) is 1.88. The summed E-state index contributed by atoms with van der Waals surface area (Å²) in [5.74, 6) is -0.325. The molecule has 0 aliphatic rings. The average molecular weight is 441 g/mol. The standard InChI is InChI=1S/C19H39FN2O6.C2H6/c1-16(2)19(23)22-15-18(20)17(3)28-14-13-27-12-11-26-10-9-25-8-7-24-6-5-21-4;1-2/h16-18,21H,5-15H2,1-4H3,(H,22,23);1-2H3. The molecule has 182 valence electrons. The molecular weight excluding hydrogens is 395 g/mol. The molecule has 8 nitrogen and oxygen atoms in total. The Morgan fingerprint density at radius 3 is 1.67 bits per heavy atom. The zero-order valence-corrected chi connectivity index (χ0v) is 19.8. The summed E-state index contributed by atoms with van der Waals surface area (Å²) in [6.07, 6.45) is -1.86. The molecule has 0 aliphatic heterocycles. The second-order valence-corrected chi connectivity index (χ2v) is 6.54. The summed E-state index contributed by atoms with van der Waals surface area (Å²) in [6, 6.07) is 0. The first-order valence-corrected chi connectivity index (χ1v) is 11.0. The lowest BCUT2D eigenvalue weighted by Gasteiger charge is -2.18. The van der Waals surface area contributed by atoms with E-state index in [2.05, 4.69) is 10.6 Å². The van der Waals surface area contributed by atoms with Gasteiger partial charge in [-0.1, -0.05) is 27.7 Å². The molecule has 0 fully saturated rings. The van der Waals surface area contributed by atoms with E-state index in [0.717, 1.165) is 6.54 Å². The highest BCUT2D eigenvalue weighted by Gasteiger charge is 2.18. The highest BCUT2D eigenvalue weighted by atomic mass is 19.1. The zero-order valence-electron chi connectivity index (χ0n) is 19.8. The first-order valence-electron chi connectivity index (χ1n) is 11.0. The van der Waals surface area contributed by atoms with Crippen LogP contribution in [-0.2, 0) is 28.5 Å². The fourth-order valence-corrected chi connectivity index (χ4v) is 1.90. The van der Waals surface area contributed by atoms with Crippen molar-refractivity contribution in [3.05, 3.63) is 0 Å². The van der Waals surface area contributed by atoms with E-state index in [-0.39, 0.29) is 25.0 Å². The van der Waals surface area contributed by atoms with E-state index >= 15 is 0 Å². The molecule has 2 atom stereocenters. The maximum absolute atomic E-state index is 13.9. The molecule has 2 unspecified atom stereocenters. The molecule has 0 heterocycles. The Balaban J connectivity index is 0. The molecule has 1 amide bonds. The number of amides is 1. The number of halogens is 1. The number of hydrogen-bond donors (Lipinski definition) is 2. The monoisotopic (exact) mass is 440 g/mol. The summed E-state index contributed by atoms with van der Waals surface area (Å²) in [5.41, 5.74) is 0. The lowest BCUT2D eigenvalue weighted by Crippen LogP contribution is -2.38. The van der Waals surface area contributed by atoms with Crippen molar-refractivity contribution in [1.29, 1.82) is 0 Å². The van der Waals surface area contributed by atoms with Gasteiger partial charge in [0.05, 0.1) is 72.1 Å². The SMILES string of the molecule is CC.CNCCOCCOCCOCCOCCOC(C)C(F)CNC(=O)C(C)C. The maximum Gasteiger partial charge on any atom is 0.222 e. The normalized spacial score (nSPS) is 12.9. The van der Waals surface area contributed by atoms with Gasteiger partial charge in [0.2, 0.25) is 5.91 Å². The van der Waals surface area contributed by atoms with Crippen molar-refractivity contribution < 1.29 is 32.9 Å². The number of nitrogens with one attached hydrogen (secondary N) is 2. The third-order valence-electron chi connectivity index (χ3n) is 3.73. The summed E-state index contributed by atoms with van der Waals surface area (Å²) < 4.78 is 40.7. The number of carbonyl (C=O) groups is 1. The highest BCUT2D eigenvalue weighted by Crippen LogP contribution is 2.03. The molecule has 0 rings (SSSR count). The molecule has 30 heavy (non-hydrogen) atoms. The van der Waals surface area contributed by atoms with Gasteiger partial charge in [0.25, 0.3) is 0 Å². The molecule has 0 radical (unpaired) electrons. The van der Waals surface area contributed by atoms with Gasteiger partial charge in [-0.15, -0.1) is 0 Å². The Hall–Kier alpha value is -0.840. The smallest absolute Gasteiger partial charge is 0.222 e. The molecule has 0 bridgehead atoms. The molecular formula is C21H45FN2O6. The number of ether oxygens (including phenoxy) is 5. The Morgan fingerprint density at radius 2 is 1.23 bits per heavy atom. The minimum atomic E-state index is -1.25. The Bertz CT molecular complexity index is 364. The third-order valence-corrected chi connectivity index (χ3v) is 3.73. The van der Waals surface area contributed by atoms with Crippen LogP contribution in [0.3, 0.4) is 0 Å². The molecule has 0 spiro atoms. The van der Waals surface area contributed by atoms with E-state index in [1.807, 2.05) is 20.9 Å². The van der Waals surface area contributed by atoms with E-state index in [1.54, 1.807) is 20.8 Å². The van der Waals surface area contributed by atoms with Gasteiger partial charge in [-0.3, -0.25) is 4.79 Å². The van der Waals surface area contributed by atoms with E-state index in [4.69, 9.17) is 23.7 Å². The van der Waals surface area contributed by atoms with Crippen LogP contribution in [0.25, 0.3) is 0 Å². The second-order valence-electron chi connectivity index (χ2n) is 6.54. The van der Waals surface area contributed by atoms with Crippen LogP contribution >= 0.6 is 0 Å². The largest absolute Gasteiger partial charge is 0.378 e. The Kier molecular flexibility index (Phi) is 25.5. The van der Waals surface area contributed by atoms with Crippen molar-refractivity contribution in [2.45, 2.75) is 46.9 Å². The van der Waals surface area contributed by atoms with Crippen LogP contribution < -0.4 is 10.6 Å². The minimum Gasteiger partial charge on any atom is -0.378 e. The highest BCUT2D eigenvalue weighted by molar-refractivity contribution is 5.77. The van der Waals surface area contributed by atoms with Crippen LogP contribution in [-0.4, -0.2) is 97.8 Å². The molecule has 0 aromatic carbocycles. The van der Waals surface area contributed by atoms with Crippen LogP contribution in [0.1, 0.15) is 34.6 Å². The van der Waals surface area contributed by atoms with Crippen molar-refractivity contribution in [2.75, 3.05) is 79.6 Å². The van der Waals surface area contributed by atoms with Gasteiger partial charge in [-0.2, -0.15) is 0 Å². The van der Waals surface area contributed by atoms with Gasteiger partial charge in [0, 0.05) is 12.5 Å².